The predicted octanol–water partition coefficient (Wildman–Crippen LogP) is 5.58. The van der Waals surface area contributed by atoms with Gasteiger partial charge in [-0.3, -0.25) is 0 Å². The van der Waals surface area contributed by atoms with E-state index in [0.717, 1.165) is 30.5 Å². The van der Waals surface area contributed by atoms with Crippen LogP contribution in [0.1, 0.15) is 59.5 Å². The van der Waals surface area contributed by atoms with Gasteiger partial charge in [-0.2, -0.15) is 0 Å². The van der Waals surface area contributed by atoms with Crippen LogP contribution in [0.4, 0.5) is 9.18 Å². The van der Waals surface area contributed by atoms with Crippen molar-refractivity contribution in [1.29, 1.82) is 0 Å². The lowest BCUT2D eigenvalue weighted by Gasteiger charge is -2.31. The van der Waals surface area contributed by atoms with E-state index in [2.05, 4.69) is 22.1 Å². The van der Waals surface area contributed by atoms with Crippen molar-refractivity contribution in [3.05, 3.63) is 75.7 Å². The number of amides is 2. The van der Waals surface area contributed by atoms with Crippen LogP contribution in [0.2, 0.25) is 0 Å². The zero-order chi connectivity index (χ0) is 20.7. The Hall–Kier alpha value is -2.60. The van der Waals surface area contributed by atoms with Gasteiger partial charge in [0.05, 0.1) is 18.3 Å². The summed E-state index contributed by atoms with van der Waals surface area (Å²) in [6.07, 6.45) is 7.59. The molecule has 4 nitrogen and oxygen atoms in total. The Bertz CT molecular complexity index is 1090. The molecule has 0 saturated carbocycles. The molecule has 2 aromatic heterocycles. The zero-order valence-electron chi connectivity index (χ0n) is 17.2. The van der Waals surface area contributed by atoms with Crippen molar-refractivity contribution in [3.63, 3.8) is 0 Å². The molecule has 0 spiro atoms. The number of rotatable bonds is 3. The highest BCUT2D eigenvalue weighted by atomic mass is 32.1. The number of halogens is 1. The number of carbonyl (C=O) groups excluding carboxylic acids is 1. The largest absolute Gasteiger partial charge is 0.338 e. The summed E-state index contributed by atoms with van der Waals surface area (Å²) in [5.41, 5.74) is 4.49. The molecule has 3 aromatic rings. The smallest absolute Gasteiger partial charge is 0.318 e. The monoisotopic (exact) mass is 423 g/mol. The summed E-state index contributed by atoms with van der Waals surface area (Å²) in [6, 6.07) is 10.3. The summed E-state index contributed by atoms with van der Waals surface area (Å²) < 4.78 is 16.4. The average molecular weight is 424 g/mol. The number of carbonyl (C=O) groups is 1. The number of nitrogens with zero attached hydrogens (tertiary/aromatic N) is 2. The topological polar surface area (TPSA) is 37.3 Å². The zero-order valence-corrected chi connectivity index (χ0v) is 18.0. The number of thiophene rings is 1. The van der Waals surface area contributed by atoms with Gasteiger partial charge in [-0.05, 0) is 67.5 Å². The standard InChI is InChI=1S/C24H26FN3OS/c1-2-12-26-24(29)28-15-19-18-9-3-4-11-21(18)30-23(19)27-13-6-10-20(27)22(28)16-7-5-8-17(25)14-16/h5-8,10,13-14,22H,2-4,9,11-12,15H2,1H3,(H,26,29)/t22-/m0/s1. The van der Waals surface area contributed by atoms with Gasteiger partial charge in [-0.25, -0.2) is 9.18 Å². The van der Waals surface area contributed by atoms with E-state index in [4.69, 9.17) is 0 Å². The fourth-order valence-electron chi connectivity index (χ4n) is 4.75. The van der Waals surface area contributed by atoms with Gasteiger partial charge < -0.3 is 14.8 Å². The summed E-state index contributed by atoms with van der Waals surface area (Å²) in [6.45, 7) is 3.21. The molecule has 2 amide bonds. The second kappa shape index (κ2) is 7.91. The highest BCUT2D eigenvalue weighted by molar-refractivity contribution is 7.15. The predicted molar refractivity (Wildman–Crippen MR) is 118 cm³/mol. The highest BCUT2D eigenvalue weighted by Crippen LogP contribution is 2.44. The first-order valence-electron chi connectivity index (χ1n) is 10.8. The fourth-order valence-corrected chi connectivity index (χ4v) is 6.15. The first-order chi connectivity index (χ1) is 14.7. The molecule has 0 bridgehead atoms. The molecule has 0 radical (unpaired) electrons. The molecule has 3 heterocycles. The van der Waals surface area contributed by atoms with E-state index in [-0.39, 0.29) is 17.9 Å². The third kappa shape index (κ3) is 3.23. The molecule has 1 atom stereocenters. The Morgan fingerprint density at radius 2 is 2.07 bits per heavy atom. The van der Waals surface area contributed by atoms with Crippen molar-refractivity contribution in [3.8, 4) is 5.00 Å². The number of hydrogen-bond donors (Lipinski definition) is 1. The van der Waals surface area contributed by atoms with E-state index in [1.54, 1.807) is 12.1 Å². The number of aryl methyl sites for hydroxylation is 1. The maximum Gasteiger partial charge on any atom is 0.318 e. The summed E-state index contributed by atoms with van der Waals surface area (Å²) in [5.74, 6) is -0.282. The third-order valence-electron chi connectivity index (χ3n) is 6.13. The van der Waals surface area contributed by atoms with Gasteiger partial charge in [0.2, 0.25) is 0 Å². The minimum atomic E-state index is -0.341. The SMILES string of the molecule is CCCNC(=O)N1Cc2c(sc3c2CCCC3)-n2cccc2[C@@H]1c1cccc(F)c1. The fraction of sp³-hybridized carbons (Fsp3) is 0.375. The van der Waals surface area contributed by atoms with Crippen LogP contribution in [0.25, 0.3) is 5.00 Å². The van der Waals surface area contributed by atoms with Crippen LogP contribution < -0.4 is 5.32 Å². The number of nitrogens with one attached hydrogen (secondary N) is 1. The van der Waals surface area contributed by atoms with Crippen LogP contribution in [-0.2, 0) is 19.4 Å². The van der Waals surface area contributed by atoms with Crippen molar-refractivity contribution in [1.82, 2.24) is 14.8 Å². The van der Waals surface area contributed by atoms with Crippen LogP contribution in [0, 0.1) is 5.82 Å². The molecule has 30 heavy (non-hydrogen) atoms. The van der Waals surface area contributed by atoms with Crippen LogP contribution in [0.3, 0.4) is 0 Å². The van der Waals surface area contributed by atoms with Gasteiger partial charge in [0, 0.05) is 23.2 Å². The maximum absolute atomic E-state index is 14.2. The summed E-state index contributed by atoms with van der Waals surface area (Å²) in [4.78, 5) is 16.7. The molecular weight excluding hydrogens is 397 g/mol. The van der Waals surface area contributed by atoms with Crippen molar-refractivity contribution in [2.45, 2.75) is 51.6 Å². The number of urea groups is 1. The van der Waals surface area contributed by atoms with E-state index >= 15 is 0 Å². The lowest BCUT2D eigenvalue weighted by molar-refractivity contribution is 0.180. The molecule has 5 rings (SSSR count). The summed E-state index contributed by atoms with van der Waals surface area (Å²) >= 11 is 1.86. The van der Waals surface area contributed by atoms with Gasteiger partial charge in [-0.1, -0.05) is 19.1 Å². The summed E-state index contributed by atoms with van der Waals surface area (Å²) in [7, 11) is 0. The summed E-state index contributed by atoms with van der Waals surface area (Å²) in [5, 5.41) is 4.27. The molecule has 1 aliphatic carbocycles. The number of fused-ring (bicyclic) bond motifs is 5. The van der Waals surface area contributed by atoms with Gasteiger partial charge >= 0.3 is 6.03 Å². The molecule has 1 N–H and O–H groups in total. The quantitative estimate of drug-likeness (QED) is 0.587. The Labute approximate surface area is 180 Å². The molecule has 2 aliphatic rings. The Balaban J connectivity index is 1.69. The van der Waals surface area contributed by atoms with Crippen LogP contribution in [0.5, 0.6) is 0 Å². The Morgan fingerprint density at radius 3 is 2.90 bits per heavy atom. The minimum Gasteiger partial charge on any atom is -0.338 e. The normalized spacial score (nSPS) is 17.7. The van der Waals surface area contributed by atoms with Crippen LogP contribution in [0.15, 0.2) is 42.6 Å². The molecular formula is C24H26FN3OS. The molecule has 1 aliphatic heterocycles. The molecule has 0 saturated heterocycles. The molecule has 6 heteroatoms. The van der Waals surface area contributed by atoms with E-state index < -0.39 is 0 Å². The van der Waals surface area contributed by atoms with Crippen molar-refractivity contribution in [2.24, 2.45) is 0 Å². The van der Waals surface area contributed by atoms with Gasteiger partial charge in [0.25, 0.3) is 0 Å². The lowest BCUT2D eigenvalue weighted by Crippen LogP contribution is -2.42. The first-order valence-corrected chi connectivity index (χ1v) is 11.6. The Morgan fingerprint density at radius 1 is 1.20 bits per heavy atom. The van der Waals surface area contributed by atoms with Crippen molar-refractivity contribution < 1.29 is 9.18 Å². The number of aromatic nitrogens is 1. The number of hydrogen-bond acceptors (Lipinski definition) is 2. The van der Waals surface area contributed by atoms with Gasteiger partial charge in [0.15, 0.2) is 0 Å². The van der Waals surface area contributed by atoms with Crippen molar-refractivity contribution >= 4 is 17.4 Å². The van der Waals surface area contributed by atoms with Gasteiger partial charge in [0.1, 0.15) is 10.8 Å². The van der Waals surface area contributed by atoms with Gasteiger partial charge in [-0.15, -0.1) is 11.3 Å². The van der Waals surface area contributed by atoms with Crippen LogP contribution in [-0.4, -0.2) is 22.0 Å². The van der Waals surface area contributed by atoms with E-state index in [1.165, 1.54) is 39.9 Å². The molecule has 0 fully saturated rings. The molecule has 156 valence electrons. The minimum absolute atomic E-state index is 0.0949. The Kier molecular flexibility index (Phi) is 5.11. The van der Waals surface area contributed by atoms with E-state index in [9.17, 15) is 9.18 Å². The third-order valence-corrected chi connectivity index (χ3v) is 7.46. The maximum atomic E-state index is 14.2. The van der Waals surface area contributed by atoms with E-state index in [0.29, 0.717) is 13.1 Å². The lowest BCUT2D eigenvalue weighted by atomic mass is 9.95. The second-order valence-electron chi connectivity index (χ2n) is 8.12. The van der Waals surface area contributed by atoms with Crippen LogP contribution >= 0.6 is 11.3 Å². The molecule has 1 aromatic carbocycles. The average Bonchev–Trinajstić information content (AvgIpc) is 3.34. The number of benzene rings is 1. The van der Waals surface area contributed by atoms with Crippen molar-refractivity contribution in [2.75, 3.05) is 6.54 Å². The second-order valence-corrected chi connectivity index (χ2v) is 9.20. The first kappa shape index (κ1) is 19.4. The van der Waals surface area contributed by atoms with E-state index in [1.807, 2.05) is 35.3 Å². The molecule has 0 unspecified atom stereocenters. The highest BCUT2D eigenvalue weighted by Gasteiger charge is 2.36.